The topological polar surface area (TPSA) is 93.1 Å². The zero-order valence-corrected chi connectivity index (χ0v) is 16.4. The van der Waals surface area contributed by atoms with Crippen LogP contribution in [0.25, 0.3) is 6.08 Å². The molecule has 0 saturated carbocycles. The Morgan fingerprint density at radius 3 is 2.42 bits per heavy atom. The van der Waals surface area contributed by atoms with Crippen molar-refractivity contribution >= 4 is 33.6 Å². The zero-order valence-electron chi connectivity index (χ0n) is 14.8. The summed E-state index contributed by atoms with van der Waals surface area (Å²) in [7, 11) is -0.180. The molecular formula is C17H21ClN4O3S. The van der Waals surface area contributed by atoms with Crippen molar-refractivity contribution in [2.75, 3.05) is 7.05 Å². The number of carbonyl (C=O) groups excluding carboxylic acids is 1. The maximum absolute atomic E-state index is 12.0. The van der Waals surface area contributed by atoms with E-state index in [1.807, 2.05) is 6.92 Å². The molecule has 26 heavy (non-hydrogen) atoms. The predicted molar refractivity (Wildman–Crippen MR) is 102 cm³/mol. The molecule has 1 amide bonds. The predicted octanol–water partition coefficient (Wildman–Crippen LogP) is 1.76. The fourth-order valence-electron chi connectivity index (χ4n) is 2.29. The first-order chi connectivity index (χ1) is 12.2. The minimum Gasteiger partial charge on any atom is -0.348 e. The SMILES string of the molecule is CNS(=O)(=O)Cc1ccc(CNC(=O)/C=C/c2c(C)nn(C)c2Cl)cc1. The first-order valence-corrected chi connectivity index (χ1v) is 9.89. The van der Waals surface area contributed by atoms with E-state index in [9.17, 15) is 13.2 Å². The van der Waals surface area contributed by atoms with Crippen molar-refractivity contribution in [1.82, 2.24) is 19.8 Å². The van der Waals surface area contributed by atoms with Crippen molar-refractivity contribution in [3.05, 3.63) is 57.9 Å². The highest BCUT2D eigenvalue weighted by Crippen LogP contribution is 2.19. The van der Waals surface area contributed by atoms with Gasteiger partial charge in [0.25, 0.3) is 0 Å². The number of nitrogens with one attached hydrogen (secondary N) is 2. The Morgan fingerprint density at radius 1 is 1.27 bits per heavy atom. The normalized spacial score (nSPS) is 11.8. The third-order valence-corrected chi connectivity index (χ3v) is 5.54. The Kier molecular flexibility index (Phi) is 6.57. The Balaban J connectivity index is 1.92. The molecule has 7 nitrogen and oxygen atoms in total. The fourth-order valence-corrected chi connectivity index (χ4v) is 3.30. The van der Waals surface area contributed by atoms with Crippen molar-refractivity contribution < 1.29 is 13.2 Å². The van der Waals surface area contributed by atoms with Crippen molar-refractivity contribution in [3.63, 3.8) is 0 Å². The van der Waals surface area contributed by atoms with E-state index in [1.165, 1.54) is 13.1 Å². The second-order valence-corrected chi connectivity index (χ2v) is 8.03. The largest absolute Gasteiger partial charge is 0.348 e. The molecule has 0 aliphatic heterocycles. The molecule has 1 aromatic carbocycles. The zero-order chi connectivity index (χ0) is 19.3. The third-order valence-electron chi connectivity index (χ3n) is 3.75. The van der Waals surface area contributed by atoms with E-state index in [-0.39, 0.29) is 11.7 Å². The Bertz CT molecular complexity index is 918. The molecule has 0 bridgehead atoms. The Morgan fingerprint density at radius 2 is 1.88 bits per heavy atom. The molecule has 2 aromatic rings. The molecule has 140 valence electrons. The maximum Gasteiger partial charge on any atom is 0.244 e. The van der Waals surface area contributed by atoms with Crippen molar-refractivity contribution in [1.29, 1.82) is 0 Å². The fraction of sp³-hybridized carbons (Fsp3) is 0.294. The van der Waals surface area contributed by atoms with E-state index in [1.54, 1.807) is 42.1 Å². The molecule has 0 atom stereocenters. The summed E-state index contributed by atoms with van der Waals surface area (Å²) >= 11 is 6.11. The number of rotatable bonds is 7. The van der Waals surface area contributed by atoms with Gasteiger partial charge in [0, 0.05) is 25.2 Å². The number of nitrogens with zero attached hydrogens (tertiary/aromatic N) is 2. The van der Waals surface area contributed by atoms with Crippen LogP contribution in [0, 0.1) is 6.92 Å². The minimum absolute atomic E-state index is 0.0793. The molecule has 0 spiro atoms. The summed E-state index contributed by atoms with van der Waals surface area (Å²) in [5.41, 5.74) is 3.00. The van der Waals surface area contributed by atoms with Crippen LogP contribution in [0.15, 0.2) is 30.3 Å². The van der Waals surface area contributed by atoms with Crippen molar-refractivity contribution in [2.24, 2.45) is 7.05 Å². The minimum atomic E-state index is -3.30. The van der Waals surface area contributed by atoms with Gasteiger partial charge in [0.05, 0.1) is 11.4 Å². The summed E-state index contributed by atoms with van der Waals surface area (Å²) in [6, 6.07) is 7.02. The molecule has 0 aliphatic rings. The summed E-state index contributed by atoms with van der Waals surface area (Å²) in [5.74, 6) is -0.337. The Labute approximate surface area is 158 Å². The lowest BCUT2D eigenvalue weighted by atomic mass is 10.1. The standard InChI is InChI=1S/C17H21ClN4O3S/c1-12-15(17(18)22(3)21-12)8-9-16(23)20-10-13-4-6-14(7-5-13)11-26(24,25)19-2/h4-9,19H,10-11H2,1-3H3,(H,20,23)/b9-8+. The number of hydrogen-bond donors (Lipinski definition) is 2. The van der Waals surface area contributed by atoms with E-state index < -0.39 is 10.0 Å². The van der Waals surface area contributed by atoms with Crippen LogP contribution in [0.5, 0.6) is 0 Å². The van der Waals surface area contributed by atoms with E-state index in [4.69, 9.17) is 11.6 Å². The van der Waals surface area contributed by atoms with E-state index in [0.717, 1.165) is 11.3 Å². The number of aryl methyl sites for hydroxylation is 2. The van der Waals surface area contributed by atoms with Crippen LogP contribution in [0.1, 0.15) is 22.4 Å². The quantitative estimate of drug-likeness (QED) is 0.697. The molecule has 0 unspecified atom stereocenters. The lowest BCUT2D eigenvalue weighted by molar-refractivity contribution is -0.116. The first-order valence-electron chi connectivity index (χ1n) is 7.86. The lowest BCUT2D eigenvalue weighted by Crippen LogP contribution is -2.21. The first kappa shape index (κ1) is 20.2. The van der Waals surface area contributed by atoms with Gasteiger partial charge in [-0.05, 0) is 31.2 Å². The van der Waals surface area contributed by atoms with Crippen LogP contribution >= 0.6 is 11.6 Å². The smallest absolute Gasteiger partial charge is 0.244 e. The maximum atomic E-state index is 12.0. The highest BCUT2D eigenvalue weighted by Gasteiger charge is 2.09. The summed E-state index contributed by atoms with van der Waals surface area (Å²) in [4.78, 5) is 12.0. The molecular weight excluding hydrogens is 376 g/mol. The number of hydrogen-bond acceptors (Lipinski definition) is 4. The van der Waals surface area contributed by atoms with Gasteiger partial charge in [-0.25, -0.2) is 13.1 Å². The highest BCUT2D eigenvalue weighted by molar-refractivity contribution is 7.88. The van der Waals surface area contributed by atoms with Gasteiger partial charge in [-0.1, -0.05) is 35.9 Å². The molecule has 0 fully saturated rings. The number of sulfonamides is 1. The molecule has 0 aliphatic carbocycles. The molecule has 1 heterocycles. The van der Waals surface area contributed by atoms with Gasteiger partial charge >= 0.3 is 0 Å². The van der Waals surface area contributed by atoms with Gasteiger partial charge < -0.3 is 5.32 Å². The van der Waals surface area contributed by atoms with E-state index >= 15 is 0 Å². The number of amides is 1. The van der Waals surface area contributed by atoms with Crippen LogP contribution in [0.2, 0.25) is 5.15 Å². The summed E-state index contributed by atoms with van der Waals surface area (Å²) in [5, 5.41) is 7.41. The van der Waals surface area contributed by atoms with Gasteiger partial charge in [-0.2, -0.15) is 5.10 Å². The number of benzene rings is 1. The van der Waals surface area contributed by atoms with Gasteiger partial charge in [0.2, 0.25) is 15.9 Å². The van der Waals surface area contributed by atoms with Gasteiger partial charge in [-0.15, -0.1) is 0 Å². The molecule has 9 heteroatoms. The second-order valence-electron chi connectivity index (χ2n) is 5.74. The van der Waals surface area contributed by atoms with Crippen LogP contribution < -0.4 is 10.0 Å². The van der Waals surface area contributed by atoms with Crippen molar-refractivity contribution in [2.45, 2.75) is 19.2 Å². The summed E-state index contributed by atoms with van der Waals surface area (Å²) < 4.78 is 26.9. The lowest BCUT2D eigenvalue weighted by Gasteiger charge is -2.05. The number of carbonyl (C=O) groups is 1. The Hall–Kier alpha value is -2.16. The number of halogens is 1. The molecule has 0 saturated heterocycles. The third kappa shape index (κ3) is 5.42. The second kappa shape index (κ2) is 8.48. The molecule has 2 rings (SSSR count). The van der Waals surface area contributed by atoms with Gasteiger partial charge in [-0.3, -0.25) is 9.48 Å². The monoisotopic (exact) mass is 396 g/mol. The van der Waals surface area contributed by atoms with Gasteiger partial charge in [0.1, 0.15) is 5.15 Å². The van der Waals surface area contributed by atoms with Crippen LogP contribution in [-0.2, 0) is 34.2 Å². The summed E-state index contributed by atoms with van der Waals surface area (Å²) in [6.45, 7) is 2.15. The van der Waals surface area contributed by atoms with Crippen LogP contribution in [-0.4, -0.2) is 31.2 Å². The van der Waals surface area contributed by atoms with E-state index in [0.29, 0.717) is 22.8 Å². The highest BCUT2D eigenvalue weighted by atomic mass is 35.5. The van der Waals surface area contributed by atoms with Gasteiger partial charge in [0.15, 0.2) is 0 Å². The number of aromatic nitrogens is 2. The molecule has 1 aromatic heterocycles. The average Bonchev–Trinajstić information content (AvgIpc) is 2.84. The van der Waals surface area contributed by atoms with Crippen LogP contribution in [0.3, 0.4) is 0 Å². The summed E-state index contributed by atoms with van der Waals surface area (Å²) in [6.07, 6.45) is 3.04. The average molecular weight is 397 g/mol. The van der Waals surface area contributed by atoms with Crippen LogP contribution in [0.4, 0.5) is 0 Å². The van der Waals surface area contributed by atoms with E-state index in [2.05, 4.69) is 15.1 Å². The molecule has 0 radical (unpaired) electrons. The van der Waals surface area contributed by atoms with Crippen molar-refractivity contribution in [3.8, 4) is 0 Å². The molecule has 2 N–H and O–H groups in total.